The average molecular weight is 260 g/mol. The largest absolute Gasteiger partial charge is 0.373 e. The van der Waals surface area contributed by atoms with E-state index >= 15 is 0 Å². The number of hydrogen-bond acceptors (Lipinski definition) is 4. The van der Waals surface area contributed by atoms with E-state index in [9.17, 15) is 0 Å². The molecule has 0 aromatic carbocycles. The zero-order chi connectivity index (χ0) is 13.2. The van der Waals surface area contributed by atoms with Gasteiger partial charge in [0, 0.05) is 32.6 Å². The maximum absolute atomic E-state index is 4.74. The Balaban J connectivity index is 1.81. The van der Waals surface area contributed by atoms with E-state index in [1.165, 1.54) is 38.8 Å². The second kappa shape index (κ2) is 5.35. The molecule has 2 fully saturated rings. The van der Waals surface area contributed by atoms with Crippen LogP contribution in [0.25, 0.3) is 0 Å². The van der Waals surface area contributed by atoms with Gasteiger partial charge in [-0.1, -0.05) is 6.92 Å². The van der Waals surface area contributed by atoms with Crippen LogP contribution < -0.4 is 10.2 Å². The highest BCUT2D eigenvalue weighted by atomic mass is 15.2. The molecule has 0 spiro atoms. The molecule has 4 nitrogen and oxygen atoms in total. The minimum absolute atomic E-state index is 0.892. The normalized spacial score (nSPS) is 18.4. The number of rotatable bonds is 7. The van der Waals surface area contributed by atoms with Gasteiger partial charge in [-0.2, -0.15) is 0 Å². The van der Waals surface area contributed by atoms with Crippen molar-refractivity contribution in [3.8, 4) is 0 Å². The van der Waals surface area contributed by atoms with E-state index < -0.39 is 0 Å². The third-order valence-corrected chi connectivity index (χ3v) is 4.01. The van der Waals surface area contributed by atoms with Crippen LogP contribution in [0.3, 0.4) is 0 Å². The summed E-state index contributed by atoms with van der Waals surface area (Å²) in [5.41, 5.74) is 0. The fraction of sp³-hybridized carbons (Fsp3) is 0.733. The third kappa shape index (κ3) is 3.37. The number of nitrogens with one attached hydrogen (secondary N) is 1. The average Bonchev–Trinajstić information content (AvgIpc) is 3.32. The van der Waals surface area contributed by atoms with Crippen LogP contribution in [0.5, 0.6) is 0 Å². The smallest absolute Gasteiger partial charge is 0.134 e. The van der Waals surface area contributed by atoms with Crippen molar-refractivity contribution in [2.75, 3.05) is 30.4 Å². The minimum Gasteiger partial charge on any atom is -0.373 e. The predicted octanol–water partition coefficient (Wildman–Crippen LogP) is 2.71. The van der Waals surface area contributed by atoms with Crippen molar-refractivity contribution in [1.82, 2.24) is 9.97 Å². The molecule has 1 aromatic rings. The molecule has 2 aliphatic rings. The van der Waals surface area contributed by atoms with Gasteiger partial charge in [-0.3, -0.25) is 0 Å². The Morgan fingerprint density at radius 3 is 2.26 bits per heavy atom. The van der Waals surface area contributed by atoms with Crippen molar-refractivity contribution in [3.05, 3.63) is 11.9 Å². The van der Waals surface area contributed by atoms with E-state index in [2.05, 4.69) is 28.2 Å². The Morgan fingerprint density at radius 2 is 1.79 bits per heavy atom. The van der Waals surface area contributed by atoms with E-state index in [1.54, 1.807) is 0 Å². The van der Waals surface area contributed by atoms with Crippen LogP contribution in [-0.2, 0) is 6.42 Å². The first-order valence-corrected chi connectivity index (χ1v) is 7.59. The molecule has 104 valence electrons. The first-order chi connectivity index (χ1) is 9.28. The number of aromatic nitrogens is 2. The summed E-state index contributed by atoms with van der Waals surface area (Å²) in [5, 5.41) is 3.16. The molecule has 1 aromatic heterocycles. The van der Waals surface area contributed by atoms with Crippen LogP contribution in [-0.4, -0.2) is 30.1 Å². The lowest BCUT2D eigenvalue weighted by Crippen LogP contribution is -2.29. The standard InChI is InChI=1S/C15H24N4/c1-3-13-17-14(16-2)8-15(18-13)19(9-11-4-5-11)10-12-6-7-12/h8,11-12H,3-7,9-10H2,1-2H3,(H,16,17,18). The fourth-order valence-corrected chi connectivity index (χ4v) is 2.42. The van der Waals surface area contributed by atoms with Crippen molar-refractivity contribution >= 4 is 11.6 Å². The van der Waals surface area contributed by atoms with Gasteiger partial charge in [0.25, 0.3) is 0 Å². The summed E-state index contributed by atoms with van der Waals surface area (Å²) in [6.07, 6.45) is 6.47. The lowest BCUT2D eigenvalue weighted by Gasteiger charge is -2.24. The molecule has 0 amide bonds. The zero-order valence-electron chi connectivity index (χ0n) is 12.0. The number of aryl methyl sites for hydroxylation is 1. The summed E-state index contributed by atoms with van der Waals surface area (Å²) in [6, 6.07) is 2.10. The lowest BCUT2D eigenvalue weighted by atomic mass is 10.3. The van der Waals surface area contributed by atoms with E-state index in [4.69, 9.17) is 4.98 Å². The molecule has 0 radical (unpaired) electrons. The second-order valence-corrected chi connectivity index (χ2v) is 5.92. The summed E-state index contributed by atoms with van der Waals surface area (Å²) < 4.78 is 0. The highest BCUT2D eigenvalue weighted by Crippen LogP contribution is 2.35. The van der Waals surface area contributed by atoms with Crippen molar-refractivity contribution in [2.24, 2.45) is 11.8 Å². The van der Waals surface area contributed by atoms with Crippen LogP contribution in [0.4, 0.5) is 11.6 Å². The van der Waals surface area contributed by atoms with Crippen LogP contribution in [0.2, 0.25) is 0 Å². The van der Waals surface area contributed by atoms with Gasteiger partial charge in [0.1, 0.15) is 17.5 Å². The van der Waals surface area contributed by atoms with Crippen molar-refractivity contribution < 1.29 is 0 Å². The second-order valence-electron chi connectivity index (χ2n) is 5.92. The molecule has 0 bridgehead atoms. The fourth-order valence-electron chi connectivity index (χ4n) is 2.42. The van der Waals surface area contributed by atoms with Gasteiger partial charge < -0.3 is 10.2 Å². The van der Waals surface area contributed by atoms with Gasteiger partial charge in [-0.15, -0.1) is 0 Å². The van der Waals surface area contributed by atoms with Crippen molar-refractivity contribution in [2.45, 2.75) is 39.0 Å². The zero-order valence-corrected chi connectivity index (χ0v) is 12.0. The van der Waals surface area contributed by atoms with Crippen LogP contribution in [0, 0.1) is 11.8 Å². The monoisotopic (exact) mass is 260 g/mol. The first-order valence-electron chi connectivity index (χ1n) is 7.59. The van der Waals surface area contributed by atoms with E-state index in [1.807, 2.05) is 7.05 Å². The van der Waals surface area contributed by atoms with Crippen molar-refractivity contribution in [3.63, 3.8) is 0 Å². The summed E-state index contributed by atoms with van der Waals surface area (Å²) in [5.74, 6) is 4.81. The number of nitrogens with zero attached hydrogens (tertiary/aromatic N) is 3. The summed E-state index contributed by atoms with van der Waals surface area (Å²) in [7, 11) is 1.93. The molecule has 3 rings (SSSR count). The van der Waals surface area contributed by atoms with Gasteiger partial charge in [0.05, 0.1) is 0 Å². The van der Waals surface area contributed by atoms with Crippen molar-refractivity contribution in [1.29, 1.82) is 0 Å². The molecule has 1 heterocycles. The lowest BCUT2D eigenvalue weighted by molar-refractivity contribution is 0.668. The molecular weight excluding hydrogens is 236 g/mol. The molecule has 19 heavy (non-hydrogen) atoms. The maximum atomic E-state index is 4.74. The van der Waals surface area contributed by atoms with Gasteiger partial charge >= 0.3 is 0 Å². The van der Waals surface area contributed by atoms with E-state index in [0.29, 0.717) is 0 Å². The Morgan fingerprint density at radius 1 is 1.16 bits per heavy atom. The Kier molecular flexibility index (Phi) is 3.58. The molecule has 0 aliphatic heterocycles. The Labute approximate surface area is 115 Å². The molecular formula is C15H24N4. The number of anilines is 2. The third-order valence-electron chi connectivity index (χ3n) is 4.01. The number of hydrogen-bond donors (Lipinski definition) is 1. The Hall–Kier alpha value is -1.32. The first kappa shape index (κ1) is 12.7. The molecule has 0 saturated heterocycles. The van der Waals surface area contributed by atoms with E-state index in [0.717, 1.165) is 35.7 Å². The highest BCUT2D eigenvalue weighted by Gasteiger charge is 2.30. The minimum atomic E-state index is 0.892. The molecule has 0 atom stereocenters. The van der Waals surface area contributed by atoms with Crippen LogP contribution in [0.15, 0.2) is 6.07 Å². The van der Waals surface area contributed by atoms with Gasteiger partial charge in [-0.25, -0.2) is 9.97 Å². The molecule has 0 unspecified atom stereocenters. The molecule has 2 saturated carbocycles. The summed E-state index contributed by atoms with van der Waals surface area (Å²) in [6.45, 7) is 4.48. The van der Waals surface area contributed by atoms with Gasteiger partial charge in [-0.05, 0) is 37.5 Å². The molecule has 2 aliphatic carbocycles. The van der Waals surface area contributed by atoms with Gasteiger partial charge in [0.2, 0.25) is 0 Å². The highest BCUT2D eigenvalue weighted by molar-refractivity contribution is 5.49. The molecule has 4 heteroatoms. The van der Waals surface area contributed by atoms with Crippen LogP contribution in [0.1, 0.15) is 38.4 Å². The quantitative estimate of drug-likeness (QED) is 0.818. The summed E-state index contributed by atoms with van der Waals surface area (Å²) >= 11 is 0. The summed E-state index contributed by atoms with van der Waals surface area (Å²) in [4.78, 5) is 11.7. The van der Waals surface area contributed by atoms with Crippen LogP contribution >= 0.6 is 0 Å². The maximum Gasteiger partial charge on any atom is 0.134 e. The SMILES string of the molecule is CCc1nc(NC)cc(N(CC2CC2)CC2CC2)n1. The Bertz CT molecular complexity index is 402. The molecule has 1 N–H and O–H groups in total. The topological polar surface area (TPSA) is 41.1 Å². The predicted molar refractivity (Wildman–Crippen MR) is 78.6 cm³/mol. The van der Waals surface area contributed by atoms with Gasteiger partial charge in [0.15, 0.2) is 0 Å². The van der Waals surface area contributed by atoms with E-state index in [-0.39, 0.29) is 0 Å².